The summed E-state index contributed by atoms with van der Waals surface area (Å²) in [6.45, 7) is 9.64. The van der Waals surface area contributed by atoms with Crippen molar-refractivity contribution in [3.05, 3.63) is 0 Å². The third-order valence-electron chi connectivity index (χ3n) is 9.33. The molecule has 4 bridgehead atoms. The third-order valence-corrected chi connectivity index (χ3v) is 9.33. The number of ether oxygens (including phenoxy) is 9. The smallest absolute Gasteiger partial charge is 0.408 e. The van der Waals surface area contributed by atoms with Crippen molar-refractivity contribution in [2.45, 2.75) is 103 Å². The van der Waals surface area contributed by atoms with Gasteiger partial charge < -0.3 is 53.3 Å². The van der Waals surface area contributed by atoms with Crippen LogP contribution in [0.15, 0.2) is 0 Å². The van der Waals surface area contributed by atoms with Gasteiger partial charge in [0.1, 0.15) is 37.6 Å². The van der Waals surface area contributed by atoms with Gasteiger partial charge in [-0.3, -0.25) is 9.59 Å². The molecule has 1 heterocycles. The van der Waals surface area contributed by atoms with E-state index in [1.807, 2.05) is 0 Å². The highest BCUT2D eigenvalue weighted by Crippen LogP contribution is 2.66. The quantitative estimate of drug-likeness (QED) is 0.307. The Balaban J connectivity index is 1.51. The normalized spacial score (nSPS) is 31.6. The second kappa shape index (κ2) is 18.1. The fourth-order valence-corrected chi connectivity index (χ4v) is 7.75. The highest BCUT2D eigenvalue weighted by atomic mass is 16.6. The van der Waals surface area contributed by atoms with Gasteiger partial charge in [-0.2, -0.15) is 0 Å². The molecule has 5 fully saturated rings. The van der Waals surface area contributed by atoms with E-state index in [1.54, 1.807) is 41.5 Å². The van der Waals surface area contributed by atoms with E-state index in [1.165, 1.54) is 0 Å². The molecule has 300 valence electrons. The maximum Gasteiger partial charge on any atom is 0.408 e. The molecule has 0 aromatic rings. The van der Waals surface area contributed by atoms with E-state index >= 15 is 0 Å². The Kier molecular flexibility index (Phi) is 14.3. The standard InChI is InChI=1S/C36H56N2O15/c1-33(2,3)52-31(43)37-25-20-50-29(41)35-16-23-15-24(17-35)19-36(18-23,22-35)30(42)51-21-26(38-32(44)53-34(4,5)6)28(40)49-14-12-47-10-8-45-7-9-46-11-13-48-27(25)39/h23-26H,7-22H2,1-6H3,(H,37,43)(H,38,44)/t23?,24?,25-,26?,35?,36?/m0/s1. The minimum Gasteiger partial charge on any atom is -0.462 e. The summed E-state index contributed by atoms with van der Waals surface area (Å²) in [5, 5.41) is 4.89. The molecule has 5 aliphatic rings. The highest BCUT2D eigenvalue weighted by Gasteiger charge is 2.64. The molecule has 4 atom stereocenters. The van der Waals surface area contributed by atoms with E-state index in [0.717, 1.165) is 6.42 Å². The number of alkyl carbamates (subject to hydrolysis) is 2. The summed E-state index contributed by atoms with van der Waals surface area (Å²) in [7, 11) is 0. The number of esters is 4. The highest BCUT2D eigenvalue weighted by molar-refractivity contribution is 5.85. The molecule has 4 saturated carbocycles. The summed E-state index contributed by atoms with van der Waals surface area (Å²) in [6.07, 6.45) is 1.15. The van der Waals surface area contributed by atoms with Crippen molar-refractivity contribution in [1.82, 2.24) is 10.6 Å². The lowest BCUT2D eigenvalue weighted by Crippen LogP contribution is -2.59. The van der Waals surface area contributed by atoms with Crippen LogP contribution in [0.4, 0.5) is 9.59 Å². The van der Waals surface area contributed by atoms with Crippen molar-refractivity contribution in [2.75, 3.05) is 66.1 Å². The van der Waals surface area contributed by atoms with E-state index in [-0.39, 0.29) is 71.1 Å². The average Bonchev–Trinajstić information content (AvgIpc) is 3.03. The van der Waals surface area contributed by atoms with Gasteiger partial charge in [-0.15, -0.1) is 0 Å². The monoisotopic (exact) mass is 756 g/mol. The number of hydrogen-bond acceptors (Lipinski definition) is 15. The molecule has 2 N–H and O–H groups in total. The largest absolute Gasteiger partial charge is 0.462 e. The molecule has 17 heteroatoms. The van der Waals surface area contributed by atoms with Crippen molar-refractivity contribution >= 4 is 36.1 Å². The summed E-state index contributed by atoms with van der Waals surface area (Å²) in [6, 6.07) is -2.75. The van der Waals surface area contributed by atoms with Crippen molar-refractivity contribution in [1.29, 1.82) is 0 Å². The molecule has 17 nitrogen and oxygen atoms in total. The Morgan fingerprint density at radius 2 is 0.906 bits per heavy atom. The van der Waals surface area contributed by atoms with Crippen LogP contribution < -0.4 is 10.6 Å². The van der Waals surface area contributed by atoms with Crippen LogP contribution in [0.2, 0.25) is 0 Å². The SMILES string of the molecule is CC(C)(C)OC(=O)NC1COC(=O)C23CC4CC(C2)CC(C4)(C3)C(=O)OC[C@H](NC(=O)OC(C)(C)C)C(=O)OCCOCCOCCOCCOC1=O. The minimum absolute atomic E-state index is 0.0369. The van der Waals surface area contributed by atoms with Crippen LogP contribution in [-0.4, -0.2) is 125 Å². The summed E-state index contributed by atoms with van der Waals surface area (Å²) in [5.41, 5.74) is -3.78. The van der Waals surface area contributed by atoms with Crippen molar-refractivity contribution in [3.63, 3.8) is 0 Å². The van der Waals surface area contributed by atoms with Gasteiger partial charge in [0.2, 0.25) is 0 Å². The Labute approximate surface area is 310 Å². The third kappa shape index (κ3) is 12.7. The first-order valence-corrected chi connectivity index (χ1v) is 18.3. The lowest BCUT2D eigenvalue weighted by atomic mass is 9.44. The summed E-state index contributed by atoms with van der Waals surface area (Å²) in [5.74, 6) is -2.80. The number of carbonyl (C=O) groups excluding carboxylic acids is 6. The minimum atomic E-state index is -1.38. The van der Waals surface area contributed by atoms with Crippen LogP contribution in [0.25, 0.3) is 0 Å². The van der Waals surface area contributed by atoms with Crippen LogP contribution in [0.3, 0.4) is 0 Å². The molecular weight excluding hydrogens is 700 g/mol. The second-order valence-electron chi connectivity index (χ2n) is 16.3. The van der Waals surface area contributed by atoms with Gasteiger partial charge >= 0.3 is 36.1 Å². The summed E-state index contributed by atoms with van der Waals surface area (Å²) >= 11 is 0. The summed E-state index contributed by atoms with van der Waals surface area (Å²) in [4.78, 5) is 79.3. The van der Waals surface area contributed by atoms with Crippen molar-refractivity contribution < 1.29 is 71.4 Å². The predicted molar refractivity (Wildman–Crippen MR) is 182 cm³/mol. The Hall–Kier alpha value is -3.70. The maximum absolute atomic E-state index is 13.9. The molecule has 2 spiro atoms. The zero-order chi connectivity index (χ0) is 38.9. The van der Waals surface area contributed by atoms with Crippen LogP contribution >= 0.6 is 0 Å². The number of amides is 2. The van der Waals surface area contributed by atoms with Gasteiger partial charge in [0.15, 0.2) is 12.1 Å². The van der Waals surface area contributed by atoms with Gasteiger partial charge in [-0.1, -0.05) is 0 Å². The second-order valence-corrected chi connectivity index (χ2v) is 16.3. The zero-order valence-electron chi connectivity index (χ0n) is 31.7. The van der Waals surface area contributed by atoms with Crippen molar-refractivity contribution in [2.24, 2.45) is 22.7 Å². The van der Waals surface area contributed by atoms with Gasteiger partial charge in [0, 0.05) is 0 Å². The molecule has 5 rings (SSSR count). The number of cyclic esters (lactones) is 4. The molecule has 1 saturated heterocycles. The molecular formula is C36H56N2O15. The topological polar surface area (TPSA) is 210 Å². The van der Waals surface area contributed by atoms with Crippen LogP contribution in [0, 0.1) is 22.7 Å². The first-order valence-electron chi connectivity index (χ1n) is 18.3. The molecule has 0 aromatic heterocycles. The first-order chi connectivity index (χ1) is 24.9. The van der Waals surface area contributed by atoms with Gasteiger partial charge in [-0.05, 0) is 91.9 Å². The lowest BCUT2D eigenvalue weighted by molar-refractivity contribution is -0.195. The van der Waals surface area contributed by atoms with Crippen LogP contribution in [0.5, 0.6) is 0 Å². The van der Waals surface area contributed by atoms with E-state index in [4.69, 9.17) is 42.6 Å². The molecule has 2 amide bonds. The Morgan fingerprint density at radius 3 is 1.25 bits per heavy atom. The fourth-order valence-electron chi connectivity index (χ4n) is 7.75. The van der Waals surface area contributed by atoms with E-state index in [0.29, 0.717) is 25.7 Å². The average molecular weight is 757 g/mol. The van der Waals surface area contributed by atoms with Crippen LogP contribution in [-0.2, 0) is 61.8 Å². The molecule has 3 unspecified atom stereocenters. The predicted octanol–water partition coefficient (Wildman–Crippen LogP) is 2.60. The Bertz CT molecular complexity index is 1210. The van der Waals surface area contributed by atoms with E-state index < -0.39 is 83.4 Å². The molecule has 53 heavy (non-hydrogen) atoms. The molecule has 0 aromatic carbocycles. The Morgan fingerprint density at radius 1 is 0.566 bits per heavy atom. The van der Waals surface area contributed by atoms with Crippen LogP contribution in [0.1, 0.15) is 80.1 Å². The first kappa shape index (κ1) is 42.0. The van der Waals surface area contributed by atoms with Gasteiger partial charge in [-0.25, -0.2) is 19.2 Å². The number of nitrogens with one attached hydrogen (secondary N) is 2. The van der Waals surface area contributed by atoms with E-state index in [2.05, 4.69) is 10.6 Å². The molecule has 1 aliphatic heterocycles. The number of hydrogen-bond donors (Lipinski definition) is 2. The van der Waals surface area contributed by atoms with E-state index in [9.17, 15) is 28.8 Å². The van der Waals surface area contributed by atoms with Gasteiger partial charge in [0.05, 0.1) is 50.5 Å². The lowest BCUT2D eigenvalue weighted by Gasteiger charge is -2.59. The van der Waals surface area contributed by atoms with Gasteiger partial charge in [0.25, 0.3) is 0 Å². The maximum atomic E-state index is 13.9. The zero-order valence-corrected chi connectivity index (χ0v) is 31.7. The fraction of sp³-hybridized carbons (Fsp3) is 0.833. The molecule has 0 radical (unpaired) electrons. The number of carbonyl (C=O) groups is 6. The van der Waals surface area contributed by atoms with Crippen molar-refractivity contribution in [3.8, 4) is 0 Å². The number of rotatable bonds is 2. The summed E-state index contributed by atoms with van der Waals surface area (Å²) < 4.78 is 49.1. The molecule has 4 aliphatic carbocycles.